The van der Waals surface area contributed by atoms with Gasteiger partial charge in [-0.25, -0.2) is 0 Å². The highest BCUT2D eigenvalue weighted by Crippen LogP contribution is 2.22. The summed E-state index contributed by atoms with van der Waals surface area (Å²) >= 11 is 0. The molecule has 0 saturated carbocycles. The summed E-state index contributed by atoms with van der Waals surface area (Å²) in [5.74, 6) is 0.749. The molecule has 0 N–H and O–H groups in total. The van der Waals surface area contributed by atoms with Crippen LogP contribution >= 0.6 is 0 Å². The highest BCUT2D eigenvalue weighted by atomic mass is 16.5. The quantitative estimate of drug-likeness (QED) is 0.605. The summed E-state index contributed by atoms with van der Waals surface area (Å²) in [6.45, 7) is 8.25. The monoisotopic (exact) mass is 271 g/mol. The van der Waals surface area contributed by atoms with E-state index in [-0.39, 0.29) is 18.1 Å². The second kappa shape index (κ2) is 9.08. The lowest BCUT2D eigenvalue weighted by Gasteiger charge is -2.37. The zero-order chi connectivity index (χ0) is 15.0. The second-order valence-corrected chi connectivity index (χ2v) is 5.66. The van der Waals surface area contributed by atoms with Gasteiger partial charge in [-0.2, -0.15) is 0 Å². The van der Waals surface area contributed by atoms with Gasteiger partial charge in [0.1, 0.15) is 6.29 Å². The number of carbonyl (C=O) groups is 2. The van der Waals surface area contributed by atoms with Gasteiger partial charge in [0, 0.05) is 27.0 Å². The fourth-order valence-electron chi connectivity index (χ4n) is 2.37. The number of ether oxygens (including phenoxy) is 1. The maximum absolute atomic E-state index is 12.2. The van der Waals surface area contributed by atoms with Crippen LogP contribution in [0, 0.1) is 11.8 Å². The molecule has 19 heavy (non-hydrogen) atoms. The Morgan fingerprint density at radius 3 is 2.26 bits per heavy atom. The molecule has 0 aromatic heterocycles. The number of nitrogens with zero attached hydrogens (tertiary/aromatic N) is 1. The van der Waals surface area contributed by atoms with E-state index >= 15 is 0 Å². The third kappa shape index (κ3) is 5.72. The molecule has 112 valence electrons. The number of likely N-dealkylation sites (N-methyl/N-ethyl adjacent to an activating group) is 1. The smallest absolute Gasteiger partial charge is 0.222 e. The first-order valence-corrected chi connectivity index (χ1v) is 7.11. The van der Waals surface area contributed by atoms with Crippen LogP contribution in [-0.2, 0) is 14.3 Å². The number of amides is 1. The van der Waals surface area contributed by atoms with Crippen LogP contribution in [0.15, 0.2) is 0 Å². The molecule has 0 bridgehead atoms. The fraction of sp³-hybridized carbons (Fsp3) is 0.867. The molecule has 0 aromatic carbocycles. The largest absolute Gasteiger partial charge is 0.379 e. The van der Waals surface area contributed by atoms with E-state index in [9.17, 15) is 9.59 Å². The third-order valence-corrected chi connectivity index (χ3v) is 3.66. The molecule has 0 aliphatic carbocycles. The van der Waals surface area contributed by atoms with Gasteiger partial charge in [0.15, 0.2) is 0 Å². The summed E-state index contributed by atoms with van der Waals surface area (Å²) in [4.78, 5) is 24.8. The van der Waals surface area contributed by atoms with Crippen molar-refractivity contribution in [2.24, 2.45) is 11.8 Å². The van der Waals surface area contributed by atoms with E-state index in [0.717, 1.165) is 12.7 Å². The third-order valence-electron chi connectivity index (χ3n) is 3.66. The van der Waals surface area contributed by atoms with Crippen LogP contribution in [0.4, 0.5) is 0 Å². The molecule has 0 radical (unpaired) electrons. The van der Waals surface area contributed by atoms with Crippen LogP contribution in [0.1, 0.15) is 47.0 Å². The first-order chi connectivity index (χ1) is 8.88. The van der Waals surface area contributed by atoms with E-state index < -0.39 is 0 Å². The Kier molecular flexibility index (Phi) is 8.65. The molecule has 4 nitrogen and oxygen atoms in total. The summed E-state index contributed by atoms with van der Waals surface area (Å²) in [7, 11) is 3.42. The summed E-state index contributed by atoms with van der Waals surface area (Å²) < 4.78 is 5.43. The molecule has 0 aliphatic heterocycles. The predicted octanol–water partition coefficient (Wildman–Crippen LogP) is 2.51. The molecular weight excluding hydrogens is 242 g/mol. The molecular formula is C15H29NO3. The molecule has 0 rings (SSSR count). The van der Waals surface area contributed by atoms with Gasteiger partial charge in [0.2, 0.25) is 5.91 Å². The van der Waals surface area contributed by atoms with E-state index in [0.29, 0.717) is 24.7 Å². The zero-order valence-electron chi connectivity index (χ0n) is 13.2. The highest BCUT2D eigenvalue weighted by Gasteiger charge is 2.32. The Morgan fingerprint density at radius 1 is 1.32 bits per heavy atom. The van der Waals surface area contributed by atoms with Crippen molar-refractivity contribution in [1.82, 2.24) is 4.90 Å². The van der Waals surface area contributed by atoms with E-state index in [1.807, 2.05) is 20.9 Å². The van der Waals surface area contributed by atoms with Crippen LogP contribution < -0.4 is 0 Å². The molecule has 0 aliphatic rings. The molecule has 0 fully saturated rings. The minimum absolute atomic E-state index is 0.0496. The molecule has 0 heterocycles. The topological polar surface area (TPSA) is 46.6 Å². The Bertz CT molecular complexity index is 279. The van der Waals surface area contributed by atoms with Crippen LogP contribution in [0.2, 0.25) is 0 Å². The standard InChI is InChI=1S/C15H29NO3/c1-7-12(4)15(13(19-6)8-9-17)16(5)14(18)10-11(2)3/h9,11-13,15H,7-8,10H2,1-6H3. The van der Waals surface area contributed by atoms with Gasteiger partial charge in [-0.15, -0.1) is 0 Å². The summed E-state index contributed by atoms with van der Waals surface area (Å²) in [6.07, 6.45) is 2.44. The van der Waals surface area contributed by atoms with Crippen molar-refractivity contribution in [3.05, 3.63) is 0 Å². The van der Waals surface area contributed by atoms with Gasteiger partial charge in [0.05, 0.1) is 12.1 Å². The van der Waals surface area contributed by atoms with Gasteiger partial charge in [-0.1, -0.05) is 34.1 Å². The Hall–Kier alpha value is -0.900. The summed E-state index contributed by atoms with van der Waals surface area (Å²) in [5.41, 5.74) is 0. The maximum Gasteiger partial charge on any atom is 0.222 e. The number of hydrogen-bond donors (Lipinski definition) is 0. The van der Waals surface area contributed by atoms with Crippen molar-refractivity contribution < 1.29 is 14.3 Å². The first kappa shape index (κ1) is 18.1. The van der Waals surface area contributed by atoms with Crippen molar-refractivity contribution in [3.63, 3.8) is 0 Å². The summed E-state index contributed by atoms with van der Waals surface area (Å²) in [6, 6.07) is -0.0496. The number of carbonyl (C=O) groups excluding carboxylic acids is 2. The van der Waals surface area contributed by atoms with Crippen LogP contribution in [0.25, 0.3) is 0 Å². The fourth-order valence-corrected chi connectivity index (χ4v) is 2.37. The lowest BCUT2D eigenvalue weighted by molar-refractivity contribution is -0.138. The molecule has 1 amide bonds. The normalized spacial score (nSPS) is 15.9. The van der Waals surface area contributed by atoms with Crippen LogP contribution in [-0.4, -0.2) is 43.4 Å². The van der Waals surface area contributed by atoms with E-state index in [4.69, 9.17) is 4.74 Å². The number of methoxy groups -OCH3 is 1. The summed E-state index contributed by atoms with van der Waals surface area (Å²) in [5, 5.41) is 0. The van der Waals surface area contributed by atoms with Crippen molar-refractivity contribution in [3.8, 4) is 0 Å². The lowest BCUT2D eigenvalue weighted by atomic mass is 9.91. The van der Waals surface area contributed by atoms with Crippen LogP contribution in [0.3, 0.4) is 0 Å². The van der Waals surface area contributed by atoms with E-state index in [1.54, 1.807) is 12.0 Å². The van der Waals surface area contributed by atoms with Gasteiger partial charge in [0.25, 0.3) is 0 Å². The number of rotatable bonds is 9. The van der Waals surface area contributed by atoms with Crippen molar-refractivity contribution in [2.45, 2.75) is 59.1 Å². The van der Waals surface area contributed by atoms with E-state index in [1.165, 1.54) is 0 Å². The van der Waals surface area contributed by atoms with Crippen molar-refractivity contribution in [1.29, 1.82) is 0 Å². The predicted molar refractivity (Wildman–Crippen MR) is 76.9 cm³/mol. The van der Waals surface area contributed by atoms with Gasteiger partial charge < -0.3 is 14.4 Å². The van der Waals surface area contributed by atoms with Gasteiger partial charge in [-0.05, 0) is 11.8 Å². The molecule has 3 atom stereocenters. The minimum Gasteiger partial charge on any atom is -0.379 e. The first-order valence-electron chi connectivity index (χ1n) is 7.11. The number of aldehydes is 1. The molecule has 3 unspecified atom stereocenters. The Labute approximate surface area is 117 Å². The Morgan fingerprint density at radius 2 is 1.89 bits per heavy atom. The highest BCUT2D eigenvalue weighted by molar-refractivity contribution is 5.76. The molecule has 4 heteroatoms. The number of hydrogen-bond acceptors (Lipinski definition) is 3. The average molecular weight is 271 g/mol. The molecule has 0 aromatic rings. The molecule has 0 saturated heterocycles. The zero-order valence-corrected chi connectivity index (χ0v) is 13.2. The average Bonchev–Trinajstić information content (AvgIpc) is 2.36. The van der Waals surface area contributed by atoms with Crippen molar-refractivity contribution >= 4 is 12.2 Å². The maximum atomic E-state index is 12.2. The second-order valence-electron chi connectivity index (χ2n) is 5.66. The minimum atomic E-state index is -0.228. The SMILES string of the molecule is CCC(C)C(C(CC=O)OC)N(C)C(=O)CC(C)C. The van der Waals surface area contributed by atoms with E-state index in [2.05, 4.69) is 13.8 Å². The Balaban J connectivity index is 5.00. The van der Waals surface area contributed by atoms with Gasteiger partial charge >= 0.3 is 0 Å². The van der Waals surface area contributed by atoms with Crippen molar-refractivity contribution in [2.75, 3.05) is 14.2 Å². The van der Waals surface area contributed by atoms with Crippen LogP contribution in [0.5, 0.6) is 0 Å². The van der Waals surface area contributed by atoms with Gasteiger partial charge in [-0.3, -0.25) is 4.79 Å². The lowest BCUT2D eigenvalue weighted by Crippen LogP contribution is -2.49. The molecule has 0 spiro atoms.